The molecule has 0 aromatic heterocycles. The van der Waals surface area contributed by atoms with Crippen LogP contribution >= 0.6 is 11.6 Å². The highest BCUT2D eigenvalue weighted by atomic mass is 35.5. The van der Waals surface area contributed by atoms with E-state index in [0.29, 0.717) is 17.1 Å². The summed E-state index contributed by atoms with van der Waals surface area (Å²) in [6.07, 6.45) is 3.77. The molecule has 1 aliphatic carbocycles. The van der Waals surface area contributed by atoms with Crippen molar-refractivity contribution in [2.24, 2.45) is 5.73 Å². The van der Waals surface area contributed by atoms with Crippen LogP contribution in [0.2, 0.25) is 5.02 Å². The van der Waals surface area contributed by atoms with Crippen LogP contribution in [0.15, 0.2) is 6.07 Å². The smallest absolute Gasteiger partial charge is 0.231 e. The molecule has 2 aliphatic rings. The Morgan fingerprint density at radius 3 is 2.71 bits per heavy atom. The van der Waals surface area contributed by atoms with E-state index in [4.69, 9.17) is 26.8 Å². The van der Waals surface area contributed by atoms with Gasteiger partial charge in [-0.15, -0.1) is 0 Å². The van der Waals surface area contributed by atoms with Crippen LogP contribution in [-0.2, 0) is 5.54 Å². The minimum atomic E-state index is -0.549. The van der Waals surface area contributed by atoms with Gasteiger partial charge in [0.25, 0.3) is 0 Å². The number of rotatable bonds is 1. The molecule has 0 saturated heterocycles. The summed E-state index contributed by atoms with van der Waals surface area (Å²) in [4.78, 5) is 0. The van der Waals surface area contributed by atoms with Crippen LogP contribution < -0.4 is 15.2 Å². The van der Waals surface area contributed by atoms with Gasteiger partial charge in [-0.05, 0) is 12.8 Å². The number of phenolic OH excluding ortho intramolecular Hbond substituents is 1. The van der Waals surface area contributed by atoms with Gasteiger partial charge in [0, 0.05) is 11.6 Å². The third-order valence-corrected chi connectivity index (χ3v) is 3.87. The molecule has 0 atom stereocenters. The summed E-state index contributed by atoms with van der Waals surface area (Å²) < 4.78 is 10.7. The predicted molar refractivity (Wildman–Crippen MR) is 63.6 cm³/mol. The molecular weight excluding hydrogens is 242 g/mol. The highest BCUT2D eigenvalue weighted by Crippen LogP contribution is 2.52. The van der Waals surface area contributed by atoms with E-state index in [2.05, 4.69) is 0 Å². The third kappa shape index (κ3) is 1.55. The molecule has 5 heteroatoms. The van der Waals surface area contributed by atoms with E-state index in [1.54, 1.807) is 6.07 Å². The first-order valence-corrected chi connectivity index (χ1v) is 6.10. The van der Waals surface area contributed by atoms with Crippen molar-refractivity contribution in [3.63, 3.8) is 0 Å². The fraction of sp³-hybridized carbons (Fsp3) is 0.500. The molecule has 17 heavy (non-hydrogen) atoms. The minimum absolute atomic E-state index is 0.0281. The Balaban J connectivity index is 2.21. The topological polar surface area (TPSA) is 64.7 Å². The number of ether oxygens (including phenoxy) is 2. The van der Waals surface area contributed by atoms with E-state index < -0.39 is 5.54 Å². The van der Waals surface area contributed by atoms with Crippen LogP contribution in [0.25, 0.3) is 0 Å². The van der Waals surface area contributed by atoms with Gasteiger partial charge in [0.05, 0.1) is 10.6 Å². The average Bonchev–Trinajstić information content (AvgIpc) is 2.89. The van der Waals surface area contributed by atoms with Crippen LogP contribution in [0, 0.1) is 0 Å². The minimum Gasteiger partial charge on any atom is -0.506 e. The second-order valence-corrected chi connectivity index (χ2v) is 5.09. The molecule has 0 spiro atoms. The molecule has 4 nitrogen and oxygen atoms in total. The van der Waals surface area contributed by atoms with Crippen LogP contribution in [0.1, 0.15) is 31.2 Å². The van der Waals surface area contributed by atoms with E-state index in [0.717, 1.165) is 25.7 Å². The summed E-state index contributed by atoms with van der Waals surface area (Å²) in [5.74, 6) is 1.15. The van der Waals surface area contributed by atoms with Crippen molar-refractivity contribution in [2.45, 2.75) is 31.2 Å². The highest BCUT2D eigenvalue weighted by Gasteiger charge is 2.39. The molecule has 92 valence electrons. The van der Waals surface area contributed by atoms with Crippen molar-refractivity contribution in [1.82, 2.24) is 0 Å². The number of hydrogen-bond donors (Lipinski definition) is 2. The van der Waals surface area contributed by atoms with Crippen molar-refractivity contribution in [1.29, 1.82) is 0 Å². The molecule has 1 aromatic carbocycles. The molecule has 3 N–H and O–H groups in total. The molecule has 1 saturated carbocycles. The van der Waals surface area contributed by atoms with Crippen molar-refractivity contribution >= 4 is 11.6 Å². The second-order valence-electron chi connectivity index (χ2n) is 4.68. The first-order chi connectivity index (χ1) is 8.12. The molecule has 0 amide bonds. The van der Waals surface area contributed by atoms with Crippen molar-refractivity contribution < 1.29 is 14.6 Å². The maximum atomic E-state index is 10.1. The Bertz CT molecular complexity index is 469. The summed E-state index contributed by atoms with van der Waals surface area (Å²) in [5.41, 5.74) is 6.43. The van der Waals surface area contributed by atoms with Crippen LogP contribution in [0.3, 0.4) is 0 Å². The van der Waals surface area contributed by atoms with E-state index in [9.17, 15) is 5.11 Å². The van der Waals surface area contributed by atoms with Gasteiger partial charge >= 0.3 is 0 Å². The number of hydrogen-bond acceptors (Lipinski definition) is 4. The van der Waals surface area contributed by atoms with Gasteiger partial charge in [0.2, 0.25) is 6.79 Å². The summed E-state index contributed by atoms with van der Waals surface area (Å²) in [6.45, 7) is 0.151. The summed E-state index contributed by atoms with van der Waals surface area (Å²) >= 11 is 6.00. The second kappa shape index (κ2) is 3.68. The van der Waals surface area contributed by atoms with E-state index in [1.165, 1.54) is 0 Å². The van der Waals surface area contributed by atoms with Gasteiger partial charge in [-0.3, -0.25) is 0 Å². The first-order valence-electron chi connectivity index (χ1n) is 5.72. The zero-order chi connectivity index (χ0) is 12.0. The van der Waals surface area contributed by atoms with Gasteiger partial charge in [-0.2, -0.15) is 0 Å². The zero-order valence-corrected chi connectivity index (χ0v) is 10.1. The Morgan fingerprint density at radius 1 is 1.29 bits per heavy atom. The van der Waals surface area contributed by atoms with Gasteiger partial charge in [0.15, 0.2) is 11.5 Å². The molecule has 0 radical (unpaired) electrons. The SMILES string of the molecule is NC1(c2c(O)c(Cl)cc3c2OCO3)CCCC1. The Morgan fingerprint density at radius 2 is 2.00 bits per heavy atom. The van der Waals surface area contributed by atoms with Gasteiger partial charge in [-0.25, -0.2) is 0 Å². The highest BCUT2D eigenvalue weighted by molar-refractivity contribution is 6.32. The lowest BCUT2D eigenvalue weighted by Crippen LogP contribution is -2.33. The largest absolute Gasteiger partial charge is 0.506 e. The number of phenols is 1. The van der Waals surface area contributed by atoms with Crippen molar-refractivity contribution in [2.75, 3.05) is 6.79 Å². The fourth-order valence-corrected chi connectivity index (χ4v) is 2.91. The van der Waals surface area contributed by atoms with Gasteiger partial charge in [-0.1, -0.05) is 24.4 Å². The lowest BCUT2D eigenvalue weighted by molar-refractivity contribution is 0.171. The monoisotopic (exact) mass is 255 g/mol. The van der Waals surface area contributed by atoms with Crippen molar-refractivity contribution in [3.8, 4) is 17.2 Å². The Labute approximate surface area is 104 Å². The Hall–Kier alpha value is -1.13. The number of nitrogens with two attached hydrogens (primary N) is 1. The van der Waals surface area contributed by atoms with Gasteiger partial charge < -0.3 is 20.3 Å². The van der Waals surface area contributed by atoms with Crippen LogP contribution in [0.5, 0.6) is 17.2 Å². The summed E-state index contributed by atoms with van der Waals surface area (Å²) in [6, 6.07) is 1.57. The molecule has 1 aromatic rings. The molecule has 1 fully saturated rings. The zero-order valence-electron chi connectivity index (χ0n) is 9.33. The van der Waals surface area contributed by atoms with E-state index >= 15 is 0 Å². The molecule has 0 bridgehead atoms. The molecular formula is C12H14ClNO3. The van der Waals surface area contributed by atoms with Gasteiger partial charge in [0.1, 0.15) is 5.75 Å². The first kappa shape index (κ1) is 11.0. The molecule has 1 aliphatic heterocycles. The Kier molecular flexibility index (Phi) is 2.38. The molecule has 0 unspecified atom stereocenters. The summed E-state index contributed by atoms with van der Waals surface area (Å²) in [7, 11) is 0. The average molecular weight is 256 g/mol. The maximum absolute atomic E-state index is 10.1. The lowest BCUT2D eigenvalue weighted by Gasteiger charge is -2.26. The quantitative estimate of drug-likeness (QED) is 0.809. The van der Waals surface area contributed by atoms with E-state index in [1.807, 2.05) is 0 Å². The van der Waals surface area contributed by atoms with Crippen molar-refractivity contribution in [3.05, 3.63) is 16.7 Å². The van der Waals surface area contributed by atoms with E-state index in [-0.39, 0.29) is 17.6 Å². The predicted octanol–water partition coefficient (Wildman–Crippen LogP) is 2.50. The number of benzene rings is 1. The third-order valence-electron chi connectivity index (χ3n) is 3.58. The normalized spacial score (nSPS) is 20.8. The molecule has 3 rings (SSSR count). The lowest BCUT2D eigenvalue weighted by atomic mass is 9.87. The maximum Gasteiger partial charge on any atom is 0.231 e. The summed E-state index contributed by atoms with van der Waals surface area (Å²) in [5, 5.41) is 10.4. The fourth-order valence-electron chi connectivity index (χ4n) is 2.72. The number of aromatic hydroxyl groups is 1. The standard InChI is InChI=1S/C12H14ClNO3/c13-7-5-8-11(17-6-16-8)9(10(7)15)12(14)3-1-2-4-12/h5,15H,1-4,6,14H2. The van der Waals surface area contributed by atoms with Crippen LogP contribution in [0.4, 0.5) is 0 Å². The number of halogens is 1. The molecule has 1 heterocycles. The van der Waals surface area contributed by atoms with Crippen LogP contribution in [-0.4, -0.2) is 11.9 Å². The number of fused-ring (bicyclic) bond motifs is 1.